The van der Waals surface area contributed by atoms with Crippen LogP contribution in [-0.2, 0) is 4.79 Å². The molecule has 0 saturated carbocycles. The van der Waals surface area contributed by atoms with E-state index in [0.29, 0.717) is 11.3 Å². The second-order valence-electron chi connectivity index (χ2n) is 4.55. The molecule has 0 fully saturated rings. The van der Waals surface area contributed by atoms with Gasteiger partial charge >= 0.3 is 0 Å². The third-order valence-corrected chi connectivity index (χ3v) is 2.72. The molecule has 2 aromatic rings. The summed E-state index contributed by atoms with van der Waals surface area (Å²) in [5, 5.41) is 15.8. The van der Waals surface area contributed by atoms with Gasteiger partial charge in [-0.25, -0.2) is 5.43 Å². The summed E-state index contributed by atoms with van der Waals surface area (Å²) in [6.45, 7) is 1.44. The quantitative estimate of drug-likeness (QED) is 0.596. The van der Waals surface area contributed by atoms with E-state index < -0.39 is 5.91 Å². The van der Waals surface area contributed by atoms with Gasteiger partial charge in [0.15, 0.2) is 0 Å². The molecule has 0 aliphatic carbocycles. The lowest BCUT2D eigenvalue weighted by atomic mass is 10.2. The number of amides is 2. The monoisotopic (exact) mass is 297 g/mol. The Bertz CT molecular complexity index is 709. The van der Waals surface area contributed by atoms with E-state index in [4.69, 9.17) is 0 Å². The molecule has 0 atom stereocenters. The van der Waals surface area contributed by atoms with Crippen LogP contribution in [0.5, 0.6) is 5.75 Å². The van der Waals surface area contributed by atoms with Gasteiger partial charge in [0, 0.05) is 18.2 Å². The van der Waals surface area contributed by atoms with Crippen molar-refractivity contribution in [3.63, 3.8) is 0 Å². The second kappa shape index (κ2) is 7.03. The van der Waals surface area contributed by atoms with Crippen molar-refractivity contribution in [3.05, 3.63) is 59.7 Å². The third-order valence-electron chi connectivity index (χ3n) is 2.72. The molecule has 0 aliphatic rings. The molecule has 0 aliphatic heterocycles. The van der Waals surface area contributed by atoms with E-state index in [9.17, 15) is 14.7 Å². The number of hydrogen-bond donors (Lipinski definition) is 3. The highest BCUT2D eigenvalue weighted by Crippen LogP contribution is 2.10. The van der Waals surface area contributed by atoms with Crippen molar-refractivity contribution in [1.82, 2.24) is 5.43 Å². The number of nitrogens with one attached hydrogen (secondary N) is 2. The van der Waals surface area contributed by atoms with Crippen molar-refractivity contribution < 1.29 is 14.7 Å². The van der Waals surface area contributed by atoms with Gasteiger partial charge in [0.25, 0.3) is 5.91 Å². The number of phenolic OH excluding ortho intramolecular Hbond substituents is 1. The zero-order valence-corrected chi connectivity index (χ0v) is 11.9. The van der Waals surface area contributed by atoms with Gasteiger partial charge in [-0.2, -0.15) is 5.10 Å². The van der Waals surface area contributed by atoms with Crippen LogP contribution in [0.25, 0.3) is 0 Å². The smallest absolute Gasteiger partial charge is 0.271 e. The number of hydrogen-bond acceptors (Lipinski definition) is 4. The number of aromatic hydroxyl groups is 1. The van der Waals surface area contributed by atoms with E-state index in [1.165, 1.54) is 25.3 Å². The minimum atomic E-state index is -0.415. The minimum absolute atomic E-state index is 0.0187. The summed E-state index contributed by atoms with van der Waals surface area (Å²) < 4.78 is 0. The molecular weight excluding hydrogens is 282 g/mol. The molecule has 0 unspecified atom stereocenters. The van der Waals surface area contributed by atoms with Crippen LogP contribution in [0.1, 0.15) is 22.8 Å². The second-order valence-corrected chi connectivity index (χ2v) is 4.55. The van der Waals surface area contributed by atoms with Gasteiger partial charge in [-0.15, -0.1) is 0 Å². The first kappa shape index (κ1) is 15.2. The van der Waals surface area contributed by atoms with E-state index >= 15 is 0 Å². The molecular formula is C16H15N3O3. The summed E-state index contributed by atoms with van der Waals surface area (Å²) in [7, 11) is 0. The Balaban J connectivity index is 1.94. The number of benzene rings is 2. The summed E-state index contributed by atoms with van der Waals surface area (Å²) in [6, 6.07) is 13.0. The minimum Gasteiger partial charge on any atom is -0.508 e. The average Bonchev–Trinajstić information content (AvgIpc) is 2.48. The molecule has 0 aromatic heterocycles. The Morgan fingerprint density at radius 2 is 1.86 bits per heavy atom. The molecule has 0 saturated heterocycles. The van der Waals surface area contributed by atoms with Crippen molar-refractivity contribution in [2.24, 2.45) is 5.10 Å². The number of carbonyl (C=O) groups excluding carboxylic acids is 2. The lowest BCUT2D eigenvalue weighted by Crippen LogP contribution is -2.17. The predicted molar refractivity (Wildman–Crippen MR) is 83.9 cm³/mol. The molecule has 2 amide bonds. The number of rotatable bonds is 4. The zero-order chi connectivity index (χ0) is 15.9. The fourth-order valence-corrected chi connectivity index (χ4v) is 1.73. The van der Waals surface area contributed by atoms with Crippen LogP contribution >= 0.6 is 0 Å². The first-order chi connectivity index (χ1) is 10.5. The Hall–Kier alpha value is -3.15. The molecule has 3 N–H and O–H groups in total. The van der Waals surface area contributed by atoms with E-state index in [1.54, 1.807) is 36.4 Å². The normalized spacial score (nSPS) is 10.4. The SMILES string of the molecule is CC(=O)Nc1ccc(/C=N/NC(=O)c2cccc(O)c2)cc1. The lowest BCUT2D eigenvalue weighted by Gasteiger charge is -2.02. The molecule has 0 heterocycles. The fraction of sp³-hybridized carbons (Fsp3) is 0.0625. The average molecular weight is 297 g/mol. The van der Waals surface area contributed by atoms with Gasteiger partial charge < -0.3 is 10.4 Å². The van der Waals surface area contributed by atoms with Gasteiger partial charge in [-0.1, -0.05) is 18.2 Å². The van der Waals surface area contributed by atoms with Crippen LogP contribution in [0, 0.1) is 0 Å². The molecule has 6 heteroatoms. The van der Waals surface area contributed by atoms with Crippen molar-refractivity contribution in [2.45, 2.75) is 6.92 Å². The van der Waals surface area contributed by atoms with Crippen LogP contribution < -0.4 is 10.7 Å². The maximum atomic E-state index is 11.8. The summed E-state index contributed by atoms with van der Waals surface area (Å²) >= 11 is 0. The van der Waals surface area contributed by atoms with Crippen molar-refractivity contribution in [3.8, 4) is 5.75 Å². The Morgan fingerprint density at radius 3 is 2.50 bits per heavy atom. The third kappa shape index (κ3) is 4.45. The number of nitrogens with zero attached hydrogens (tertiary/aromatic N) is 1. The summed E-state index contributed by atoms with van der Waals surface area (Å²) in [5.41, 5.74) is 4.15. The molecule has 0 bridgehead atoms. The van der Waals surface area contributed by atoms with Gasteiger partial charge in [-0.05, 0) is 35.9 Å². The van der Waals surface area contributed by atoms with Gasteiger partial charge in [-0.3, -0.25) is 9.59 Å². The summed E-state index contributed by atoms with van der Waals surface area (Å²) in [4.78, 5) is 22.7. The fourth-order valence-electron chi connectivity index (χ4n) is 1.73. The van der Waals surface area contributed by atoms with E-state index in [-0.39, 0.29) is 11.7 Å². The van der Waals surface area contributed by atoms with E-state index in [2.05, 4.69) is 15.8 Å². The van der Waals surface area contributed by atoms with Crippen molar-refractivity contribution >= 4 is 23.7 Å². The maximum absolute atomic E-state index is 11.8. The van der Waals surface area contributed by atoms with Crippen molar-refractivity contribution in [2.75, 3.05) is 5.32 Å². The molecule has 2 aromatic carbocycles. The number of phenols is 1. The first-order valence-electron chi connectivity index (χ1n) is 6.55. The van der Waals surface area contributed by atoms with Gasteiger partial charge in [0.05, 0.1) is 6.21 Å². The van der Waals surface area contributed by atoms with Crippen LogP contribution in [0.2, 0.25) is 0 Å². The van der Waals surface area contributed by atoms with Crippen molar-refractivity contribution in [1.29, 1.82) is 0 Å². The zero-order valence-electron chi connectivity index (χ0n) is 11.9. The Morgan fingerprint density at radius 1 is 1.14 bits per heavy atom. The largest absolute Gasteiger partial charge is 0.508 e. The molecule has 0 radical (unpaired) electrons. The van der Waals surface area contributed by atoms with Crippen LogP contribution in [0.15, 0.2) is 53.6 Å². The molecule has 0 spiro atoms. The van der Waals surface area contributed by atoms with Crippen LogP contribution in [0.3, 0.4) is 0 Å². The highest BCUT2D eigenvalue weighted by molar-refractivity contribution is 5.95. The lowest BCUT2D eigenvalue weighted by molar-refractivity contribution is -0.114. The van der Waals surface area contributed by atoms with E-state index in [0.717, 1.165) is 5.56 Å². The highest BCUT2D eigenvalue weighted by atomic mass is 16.3. The van der Waals surface area contributed by atoms with E-state index in [1.807, 2.05) is 0 Å². The van der Waals surface area contributed by atoms with Crippen LogP contribution in [-0.4, -0.2) is 23.1 Å². The molecule has 112 valence electrons. The maximum Gasteiger partial charge on any atom is 0.271 e. The molecule has 6 nitrogen and oxygen atoms in total. The summed E-state index contributed by atoms with van der Waals surface area (Å²) in [6.07, 6.45) is 1.48. The first-order valence-corrected chi connectivity index (χ1v) is 6.55. The number of hydrazone groups is 1. The Labute approximate surface area is 127 Å². The highest BCUT2D eigenvalue weighted by Gasteiger charge is 2.04. The van der Waals surface area contributed by atoms with Gasteiger partial charge in [0.1, 0.15) is 5.75 Å². The van der Waals surface area contributed by atoms with Gasteiger partial charge in [0.2, 0.25) is 5.91 Å². The predicted octanol–water partition coefficient (Wildman–Crippen LogP) is 2.11. The topological polar surface area (TPSA) is 90.8 Å². The van der Waals surface area contributed by atoms with Crippen LogP contribution in [0.4, 0.5) is 5.69 Å². The Kier molecular flexibility index (Phi) is 4.87. The molecule has 22 heavy (non-hydrogen) atoms. The number of carbonyl (C=O) groups is 2. The standard InChI is InChI=1S/C16H15N3O3/c1-11(20)18-14-7-5-12(6-8-14)10-17-19-16(22)13-3-2-4-15(21)9-13/h2-10,21H,1H3,(H,18,20)(H,19,22)/b17-10+. The summed E-state index contributed by atoms with van der Waals surface area (Å²) in [5.74, 6) is -0.535. The molecule has 2 rings (SSSR count). The number of anilines is 1.